The molecule has 3 aromatic rings. The van der Waals surface area contributed by atoms with Gasteiger partial charge in [0.2, 0.25) is 5.88 Å². The number of nitrogens with zero attached hydrogens (tertiary/aromatic N) is 4. The number of thioether (sulfide) groups is 2. The monoisotopic (exact) mass is 611 g/mol. The Morgan fingerprint density at radius 3 is 2.39 bits per heavy atom. The fourth-order valence-corrected chi connectivity index (χ4v) is 5.96. The van der Waals surface area contributed by atoms with Crippen molar-refractivity contribution in [2.24, 2.45) is 0 Å². The summed E-state index contributed by atoms with van der Waals surface area (Å²) < 4.78 is 41.2. The summed E-state index contributed by atoms with van der Waals surface area (Å²) in [6.45, 7) is 6.54. The lowest BCUT2D eigenvalue weighted by Gasteiger charge is -2.19. The summed E-state index contributed by atoms with van der Waals surface area (Å²) in [5, 5.41) is 0. The lowest BCUT2D eigenvalue weighted by molar-refractivity contribution is 0.201. The Hall–Kier alpha value is -3.35. The van der Waals surface area contributed by atoms with Crippen molar-refractivity contribution >= 4 is 44.3 Å². The molecule has 1 aromatic carbocycles. The van der Waals surface area contributed by atoms with Crippen LogP contribution in [0.15, 0.2) is 83.2 Å². The lowest BCUT2D eigenvalue weighted by Crippen LogP contribution is -2.18. The maximum absolute atomic E-state index is 13.5. The fraction of sp³-hybridized carbons (Fsp3) is 0.310. The number of nitrogens with one attached hydrogen (secondary N) is 1. The minimum Gasteiger partial charge on any atom is -0.473 e. The molecule has 2 aromatic heterocycles. The number of allylic oxidation sites excluding steroid dienone is 4. The van der Waals surface area contributed by atoms with Crippen LogP contribution in [0.3, 0.4) is 0 Å². The molecule has 1 N–H and O–H groups in total. The molecule has 0 radical (unpaired) electrons. The van der Waals surface area contributed by atoms with Crippen LogP contribution in [-0.4, -0.2) is 53.6 Å². The van der Waals surface area contributed by atoms with Gasteiger partial charge in [-0.1, -0.05) is 63.3 Å². The van der Waals surface area contributed by atoms with E-state index in [1.54, 1.807) is 48.1 Å². The molecule has 0 saturated heterocycles. The van der Waals surface area contributed by atoms with E-state index in [9.17, 15) is 8.42 Å². The number of hydrogen-bond donors (Lipinski definition) is 1. The highest BCUT2D eigenvalue weighted by molar-refractivity contribution is 8.08. The Morgan fingerprint density at radius 1 is 0.976 bits per heavy atom. The maximum atomic E-state index is 13.5. The molecule has 12 heteroatoms. The first-order valence-corrected chi connectivity index (χ1v) is 16.6. The van der Waals surface area contributed by atoms with Gasteiger partial charge >= 0.3 is 6.01 Å². The zero-order valence-corrected chi connectivity index (χ0v) is 25.9. The molecule has 0 saturated carbocycles. The average molecular weight is 612 g/mol. The van der Waals surface area contributed by atoms with Crippen molar-refractivity contribution in [1.82, 2.24) is 19.9 Å². The summed E-state index contributed by atoms with van der Waals surface area (Å²) in [6.07, 6.45) is 17.3. The predicted octanol–water partition coefficient (Wildman–Crippen LogP) is 6.13. The molecule has 3 heterocycles. The van der Waals surface area contributed by atoms with Crippen molar-refractivity contribution in [2.45, 2.75) is 42.4 Å². The smallest absolute Gasteiger partial charge is 0.316 e. The van der Waals surface area contributed by atoms with E-state index in [1.165, 1.54) is 6.33 Å². The molecule has 0 aliphatic carbocycles. The molecule has 0 unspecified atom stereocenters. The van der Waals surface area contributed by atoms with Crippen molar-refractivity contribution in [1.29, 1.82) is 0 Å². The first kappa shape index (κ1) is 30.6. The molecule has 0 fully saturated rings. The van der Waals surface area contributed by atoms with E-state index in [4.69, 9.17) is 9.47 Å². The molecule has 0 spiro atoms. The third-order valence-electron chi connectivity index (χ3n) is 5.87. The van der Waals surface area contributed by atoms with Gasteiger partial charge < -0.3 is 9.47 Å². The van der Waals surface area contributed by atoms with Crippen LogP contribution in [0.25, 0.3) is 4.91 Å². The summed E-state index contributed by atoms with van der Waals surface area (Å²) in [5.41, 5.74) is 1.41. The second-order valence-corrected chi connectivity index (χ2v) is 13.5. The minimum atomic E-state index is -3.95. The molecule has 216 valence electrons. The molecule has 9 nitrogen and oxygen atoms in total. The molecule has 0 amide bonds. The van der Waals surface area contributed by atoms with Crippen molar-refractivity contribution in [3.8, 4) is 11.9 Å². The van der Waals surface area contributed by atoms with Gasteiger partial charge in [-0.25, -0.2) is 28.4 Å². The number of ether oxygens (including phenoxy) is 2. The highest BCUT2D eigenvalue weighted by atomic mass is 32.2. The van der Waals surface area contributed by atoms with Crippen molar-refractivity contribution in [2.75, 3.05) is 29.9 Å². The van der Waals surface area contributed by atoms with Crippen molar-refractivity contribution in [3.63, 3.8) is 0 Å². The topological polar surface area (TPSA) is 116 Å². The summed E-state index contributed by atoms with van der Waals surface area (Å²) >= 11 is 3.09. The zero-order chi connectivity index (χ0) is 29.3. The highest BCUT2D eigenvalue weighted by Gasteiger charge is 2.24. The van der Waals surface area contributed by atoms with E-state index in [-0.39, 0.29) is 41.2 Å². The van der Waals surface area contributed by atoms with Crippen LogP contribution in [0, 0.1) is 0 Å². The predicted molar refractivity (Wildman–Crippen MR) is 166 cm³/mol. The molecule has 0 bridgehead atoms. The quantitative estimate of drug-likeness (QED) is 0.212. The number of hydrogen-bond acceptors (Lipinski definition) is 10. The second kappa shape index (κ2) is 14.0. The number of sulfonamides is 1. The first-order valence-electron chi connectivity index (χ1n) is 12.9. The van der Waals surface area contributed by atoms with E-state index in [0.29, 0.717) is 17.7 Å². The Kier molecular flexibility index (Phi) is 10.5. The first-order chi connectivity index (χ1) is 19.7. The fourth-order valence-electron chi connectivity index (χ4n) is 3.69. The Labute approximate surface area is 250 Å². The van der Waals surface area contributed by atoms with E-state index >= 15 is 0 Å². The van der Waals surface area contributed by atoms with Crippen LogP contribution >= 0.6 is 23.5 Å². The van der Waals surface area contributed by atoms with Crippen molar-refractivity contribution < 1.29 is 17.9 Å². The number of anilines is 1. The normalized spacial score (nSPS) is 16.8. The molecular formula is C29H33N5O4S3. The molecule has 1 aliphatic rings. The van der Waals surface area contributed by atoms with Crippen LogP contribution in [-0.2, 0) is 15.4 Å². The third-order valence-corrected chi connectivity index (χ3v) is 8.95. The summed E-state index contributed by atoms with van der Waals surface area (Å²) in [6, 6.07) is 7.12. The summed E-state index contributed by atoms with van der Waals surface area (Å²) in [7, 11) is -3.95. The van der Waals surface area contributed by atoms with Crippen LogP contribution in [0.2, 0.25) is 0 Å². The summed E-state index contributed by atoms with van der Waals surface area (Å²) in [5.74, 6) is 1.06. The number of rotatable bonds is 10. The van der Waals surface area contributed by atoms with Gasteiger partial charge in [-0.05, 0) is 35.8 Å². The van der Waals surface area contributed by atoms with Gasteiger partial charge in [0.05, 0.1) is 10.5 Å². The molecule has 4 rings (SSSR count). The van der Waals surface area contributed by atoms with Gasteiger partial charge in [-0.15, -0.1) is 23.5 Å². The van der Waals surface area contributed by atoms with Gasteiger partial charge in [0.15, 0.2) is 5.82 Å². The van der Waals surface area contributed by atoms with Crippen LogP contribution in [0.5, 0.6) is 11.9 Å². The van der Waals surface area contributed by atoms with Gasteiger partial charge in [0.1, 0.15) is 19.5 Å². The van der Waals surface area contributed by atoms with E-state index in [1.807, 2.05) is 48.8 Å². The van der Waals surface area contributed by atoms with Crippen LogP contribution in [0.1, 0.15) is 38.3 Å². The van der Waals surface area contributed by atoms with Crippen LogP contribution in [0.4, 0.5) is 5.82 Å². The zero-order valence-electron chi connectivity index (χ0n) is 23.4. The maximum Gasteiger partial charge on any atom is 0.316 e. The van der Waals surface area contributed by atoms with Crippen LogP contribution < -0.4 is 14.2 Å². The summed E-state index contributed by atoms with van der Waals surface area (Å²) in [4.78, 5) is 18.9. The number of aromatic nitrogens is 4. The van der Waals surface area contributed by atoms with Gasteiger partial charge in [-0.3, -0.25) is 4.72 Å². The van der Waals surface area contributed by atoms with Crippen molar-refractivity contribution in [3.05, 3.63) is 84.5 Å². The Bertz CT molecular complexity index is 1520. The van der Waals surface area contributed by atoms with Gasteiger partial charge in [0.25, 0.3) is 10.0 Å². The standard InChI is InChI=1S/C29H33N5O4S3/c1-29(2,3)21-11-13-23(14-12-21)41(35,36)34-26-25(24-10-8-6-5-7-9-17-40-24)27(33-20-32-26)37-15-16-38-28-30-18-22(39-4)19-31-28/h5-7,9-14,18-20H,8,15-17H2,1-4H3,(H,32,33,34)/b6-5-,9-7-,24-10-. The SMILES string of the molecule is CSc1cnc(OCCOc2ncnc(NS(=O)(=O)c3ccc(C(C)(C)C)cc3)c2/C2=C/C/C=C\C=C/CS2)nc1. The minimum absolute atomic E-state index is 0.0981. The van der Waals surface area contributed by atoms with E-state index in [0.717, 1.165) is 15.4 Å². The van der Waals surface area contributed by atoms with E-state index in [2.05, 4.69) is 45.4 Å². The average Bonchev–Trinajstić information content (AvgIpc) is 3.09. The Morgan fingerprint density at radius 2 is 1.68 bits per heavy atom. The second-order valence-electron chi connectivity index (χ2n) is 9.86. The molecular weight excluding hydrogens is 579 g/mol. The third kappa shape index (κ3) is 8.57. The highest BCUT2D eigenvalue weighted by Crippen LogP contribution is 2.39. The molecule has 0 atom stereocenters. The van der Waals surface area contributed by atoms with E-state index < -0.39 is 10.0 Å². The molecule has 1 aliphatic heterocycles. The largest absolute Gasteiger partial charge is 0.473 e. The molecule has 41 heavy (non-hydrogen) atoms. The lowest BCUT2D eigenvalue weighted by atomic mass is 9.87. The van der Waals surface area contributed by atoms with Gasteiger partial charge in [-0.2, -0.15) is 0 Å². The van der Waals surface area contributed by atoms with Gasteiger partial charge in [0, 0.05) is 27.9 Å². The number of benzene rings is 1. The Balaban J connectivity index is 1.59.